The molecule has 3 amide bonds. The number of rotatable bonds is 10. The van der Waals surface area contributed by atoms with Gasteiger partial charge in [-0.2, -0.15) is 0 Å². The molecule has 2 N–H and O–H groups in total. The van der Waals surface area contributed by atoms with Gasteiger partial charge in [0.15, 0.2) is 11.5 Å². The van der Waals surface area contributed by atoms with Crippen molar-refractivity contribution in [1.29, 1.82) is 0 Å². The van der Waals surface area contributed by atoms with Gasteiger partial charge in [0.1, 0.15) is 10.7 Å². The number of benzene rings is 3. The predicted molar refractivity (Wildman–Crippen MR) is 152 cm³/mol. The van der Waals surface area contributed by atoms with E-state index in [0.717, 1.165) is 16.0 Å². The average molecular weight is 548 g/mol. The van der Waals surface area contributed by atoms with Crippen molar-refractivity contribution in [2.45, 2.75) is 26.2 Å². The summed E-state index contributed by atoms with van der Waals surface area (Å²) >= 11 is 6.28. The molecule has 0 atom stereocenters. The summed E-state index contributed by atoms with van der Waals surface area (Å²) in [4.78, 5) is 39.8. The van der Waals surface area contributed by atoms with Crippen LogP contribution in [0.25, 0.3) is 0 Å². The predicted octanol–water partition coefficient (Wildman–Crippen LogP) is 5.24. The third-order valence-electron chi connectivity index (χ3n) is 6.39. The van der Waals surface area contributed by atoms with Crippen LogP contribution in [0.4, 0.5) is 11.4 Å². The van der Waals surface area contributed by atoms with Crippen LogP contribution in [-0.2, 0) is 16.0 Å². The molecule has 0 saturated heterocycles. The van der Waals surface area contributed by atoms with Gasteiger partial charge in [0.25, 0.3) is 17.7 Å². The molecule has 0 fully saturated rings. The Labute approximate surface area is 232 Å². The van der Waals surface area contributed by atoms with Crippen LogP contribution in [0, 0.1) is 0 Å². The van der Waals surface area contributed by atoms with Gasteiger partial charge in [-0.15, -0.1) is 0 Å². The van der Waals surface area contributed by atoms with Gasteiger partial charge >= 0.3 is 0 Å². The van der Waals surface area contributed by atoms with Crippen LogP contribution in [0.3, 0.4) is 0 Å². The third-order valence-corrected chi connectivity index (χ3v) is 6.74. The van der Waals surface area contributed by atoms with Crippen LogP contribution in [0.15, 0.2) is 77.5 Å². The first-order valence-electron chi connectivity index (χ1n) is 12.5. The van der Waals surface area contributed by atoms with Crippen molar-refractivity contribution >= 4 is 40.7 Å². The summed E-state index contributed by atoms with van der Waals surface area (Å²) < 4.78 is 10.6. The SMILES string of the molecule is COc1ccc(CCNC(=O)c2cccc(NC3=C(Cl)C(=O)N(c4ccc(C(C)C)cc4)C3=O)c2)cc1OC. The highest BCUT2D eigenvalue weighted by molar-refractivity contribution is 6.53. The van der Waals surface area contributed by atoms with E-state index < -0.39 is 11.8 Å². The van der Waals surface area contributed by atoms with Crippen molar-refractivity contribution < 1.29 is 23.9 Å². The summed E-state index contributed by atoms with van der Waals surface area (Å²) in [6.45, 7) is 4.53. The van der Waals surface area contributed by atoms with Crippen LogP contribution in [0.5, 0.6) is 11.5 Å². The second-order valence-electron chi connectivity index (χ2n) is 9.28. The number of halogens is 1. The van der Waals surface area contributed by atoms with Gasteiger partial charge in [-0.05, 0) is 65.9 Å². The van der Waals surface area contributed by atoms with Crippen molar-refractivity contribution in [3.05, 3.63) is 94.1 Å². The summed E-state index contributed by atoms with van der Waals surface area (Å²) in [5.41, 5.74) is 3.31. The lowest BCUT2D eigenvalue weighted by molar-refractivity contribution is -0.120. The Hall–Kier alpha value is -4.30. The second kappa shape index (κ2) is 12.0. The summed E-state index contributed by atoms with van der Waals surface area (Å²) in [6.07, 6.45) is 0.594. The maximum Gasteiger partial charge on any atom is 0.283 e. The van der Waals surface area contributed by atoms with E-state index in [4.69, 9.17) is 21.1 Å². The molecule has 0 unspecified atom stereocenters. The average Bonchev–Trinajstić information content (AvgIpc) is 3.15. The number of ether oxygens (including phenoxy) is 2. The highest BCUT2D eigenvalue weighted by Gasteiger charge is 2.39. The molecule has 9 heteroatoms. The zero-order valence-corrected chi connectivity index (χ0v) is 23.0. The van der Waals surface area contributed by atoms with E-state index in [0.29, 0.717) is 47.3 Å². The zero-order valence-electron chi connectivity index (χ0n) is 22.2. The van der Waals surface area contributed by atoms with E-state index in [1.807, 2.05) is 30.3 Å². The summed E-state index contributed by atoms with van der Waals surface area (Å²) in [7, 11) is 3.15. The fourth-order valence-electron chi connectivity index (χ4n) is 4.20. The lowest BCUT2D eigenvalue weighted by atomic mass is 10.0. The fraction of sp³-hybridized carbons (Fsp3) is 0.233. The minimum Gasteiger partial charge on any atom is -0.493 e. The number of methoxy groups -OCH3 is 2. The minimum absolute atomic E-state index is 0.0411. The topological polar surface area (TPSA) is 97.0 Å². The van der Waals surface area contributed by atoms with Crippen LogP contribution < -0.4 is 25.0 Å². The van der Waals surface area contributed by atoms with Gasteiger partial charge in [0, 0.05) is 17.8 Å². The first kappa shape index (κ1) is 27.7. The van der Waals surface area contributed by atoms with Crippen molar-refractivity contribution in [3.63, 3.8) is 0 Å². The Kier molecular flexibility index (Phi) is 8.56. The Morgan fingerprint density at radius 3 is 2.31 bits per heavy atom. The molecule has 0 radical (unpaired) electrons. The van der Waals surface area contributed by atoms with E-state index in [1.54, 1.807) is 50.6 Å². The first-order chi connectivity index (χ1) is 18.7. The monoisotopic (exact) mass is 547 g/mol. The molecule has 3 aromatic rings. The van der Waals surface area contributed by atoms with Crippen molar-refractivity contribution in [3.8, 4) is 11.5 Å². The number of carbonyl (C=O) groups is 3. The Bertz CT molecular complexity index is 1430. The van der Waals surface area contributed by atoms with Crippen LogP contribution >= 0.6 is 11.6 Å². The standard InChI is InChI=1S/C30H30ClN3O5/c1-18(2)20-9-11-23(12-10-20)34-29(36)26(31)27(30(34)37)33-22-7-5-6-21(17-22)28(35)32-15-14-19-8-13-24(38-3)25(16-19)39-4/h5-13,16-18,33H,14-15H2,1-4H3,(H,32,35). The zero-order chi connectivity index (χ0) is 28.1. The van der Waals surface area contributed by atoms with Gasteiger partial charge in [-0.1, -0.05) is 49.7 Å². The lowest BCUT2D eigenvalue weighted by Gasteiger charge is -2.16. The summed E-state index contributed by atoms with van der Waals surface area (Å²) in [5, 5.41) is 5.61. The molecule has 3 aromatic carbocycles. The number of anilines is 2. The van der Waals surface area contributed by atoms with E-state index >= 15 is 0 Å². The Morgan fingerprint density at radius 1 is 0.923 bits per heavy atom. The number of nitrogens with zero attached hydrogens (tertiary/aromatic N) is 1. The molecule has 39 heavy (non-hydrogen) atoms. The molecule has 0 spiro atoms. The van der Waals surface area contributed by atoms with E-state index in [9.17, 15) is 14.4 Å². The smallest absolute Gasteiger partial charge is 0.283 e. The third kappa shape index (κ3) is 6.07. The molecule has 4 rings (SSSR count). The molecule has 1 aliphatic rings. The van der Waals surface area contributed by atoms with Gasteiger partial charge < -0.3 is 20.1 Å². The van der Waals surface area contributed by atoms with Crippen molar-refractivity contribution in [2.24, 2.45) is 0 Å². The normalized spacial score (nSPS) is 13.2. The van der Waals surface area contributed by atoms with Crippen LogP contribution in [0.1, 0.15) is 41.3 Å². The summed E-state index contributed by atoms with van der Waals surface area (Å²) in [6, 6.07) is 19.5. The molecule has 0 aliphatic carbocycles. The van der Waals surface area contributed by atoms with Gasteiger partial charge in [0.05, 0.1) is 19.9 Å². The number of amides is 3. The number of carbonyl (C=O) groups excluding carboxylic acids is 3. The van der Waals surface area contributed by atoms with E-state index in [2.05, 4.69) is 24.5 Å². The molecular formula is C30H30ClN3O5. The first-order valence-corrected chi connectivity index (χ1v) is 12.9. The second-order valence-corrected chi connectivity index (χ2v) is 9.66. The number of hydrogen-bond donors (Lipinski definition) is 2. The van der Waals surface area contributed by atoms with E-state index in [-0.39, 0.29) is 16.6 Å². The van der Waals surface area contributed by atoms with Crippen LogP contribution in [-0.4, -0.2) is 38.5 Å². The number of hydrogen-bond acceptors (Lipinski definition) is 6. The Morgan fingerprint density at radius 2 is 1.64 bits per heavy atom. The van der Waals surface area contributed by atoms with Crippen LogP contribution in [0.2, 0.25) is 0 Å². The molecule has 8 nitrogen and oxygen atoms in total. The molecule has 0 saturated carbocycles. The lowest BCUT2D eigenvalue weighted by Crippen LogP contribution is -2.32. The molecular weight excluding hydrogens is 518 g/mol. The molecule has 1 heterocycles. The minimum atomic E-state index is -0.606. The largest absolute Gasteiger partial charge is 0.493 e. The molecule has 202 valence electrons. The number of imide groups is 1. The van der Waals surface area contributed by atoms with Crippen molar-refractivity contribution in [1.82, 2.24) is 5.32 Å². The molecule has 0 bridgehead atoms. The van der Waals surface area contributed by atoms with Crippen molar-refractivity contribution in [2.75, 3.05) is 31.0 Å². The molecule has 0 aromatic heterocycles. The highest BCUT2D eigenvalue weighted by atomic mass is 35.5. The Balaban J connectivity index is 1.41. The quantitative estimate of drug-likeness (QED) is 0.337. The highest BCUT2D eigenvalue weighted by Crippen LogP contribution is 2.31. The van der Waals surface area contributed by atoms with E-state index in [1.165, 1.54) is 0 Å². The van der Waals surface area contributed by atoms with Gasteiger partial charge in [-0.25, -0.2) is 4.90 Å². The summed E-state index contributed by atoms with van der Waals surface area (Å²) in [5.74, 6) is 0.134. The maximum atomic E-state index is 13.1. The molecule has 1 aliphatic heterocycles. The maximum absolute atomic E-state index is 13.1. The van der Waals surface area contributed by atoms with Gasteiger partial charge in [-0.3, -0.25) is 14.4 Å². The number of nitrogens with one attached hydrogen (secondary N) is 2. The van der Waals surface area contributed by atoms with Gasteiger partial charge in [0.2, 0.25) is 0 Å². The fourth-order valence-corrected chi connectivity index (χ4v) is 4.41.